The van der Waals surface area contributed by atoms with E-state index >= 15 is 0 Å². The summed E-state index contributed by atoms with van der Waals surface area (Å²) < 4.78 is 24.3. The van der Waals surface area contributed by atoms with Crippen molar-refractivity contribution in [3.05, 3.63) is 18.7 Å². The van der Waals surface area contributed by atoms with E-state index in [1.54, 1.807) is 12.5 Å². The largest absolute Gasteiger partial charge is 0.336 e. The first kappa shape index (κ1) is 12.9. The Labute approximate surface area is 106 Å². The first-order chi connectivity index (χ1) is 8.55. The minimum Gasteiger partial charge on any atom is -0.336 e. The SMILES string of the molecule is O=C(NCCn1ccnc1)N[C@@H]1CCS(=O)(=O)C1. The Balaban J connectivity index is 1.67. The van der Waals surface area contributed by atoms with Crippen molar-refractivity contribution in [3.63, 3.8) is 0 Å². The van der Waals surface area contributed by atoms with Crippen molar-refractivity contribution in [3.8, 4) is 0 Å². The second-order valence-corrected chi connectivity index (χ2v) is 6.53. The number of urea groups is 1. The molecule has 1 fully saturated rings. The van der Waals surface area contributed by atoms with Gasteiger partial charge in [-0.1, -0.05) is 0 Å². The van der Waals surface area contributed by atoms with Crippen LogP contribution in [0, 0.1) is 0 Å². The van der Waals surface area contributed by atoms with Gasteiger partial charge < -0.3 is 15.2 Å². The molecule has 2 amide bonds. The van der Waals surface area contributed by atoms with Crippen LogP contribution >= 0.6 is 0 Å². The number of hydrogen-bond acceptors (Lipinski definition) is 4. The summed E-state index contributed by atoms with van der Waals surface area (Å²) in [4.78, 5) is 15.4. The smallest absolute Gasteiger partial charge is 0.315 e. The summed E-state index contributed by atoms with van der Waals surface area (Å²) in [5, 5.41) is 5.34. The summed E-state index contributed by atoms with van der Waals surface area (Å²) >= 11 is 0. The van der Waals surface area contributed by atoms with Crippen LogP contribution in [-0.2, 0) is 16.4 Å². The normalized spacial score (nSPS) is 21.7. The van der Waals surface area contributed by atoms with Gasteiger partial charge in [0.25, 0.3) is 0 Å². The van der Waals surface area contributed by atoms with Crippen LogP contribution in [0.15, 0.2) is 18.7 Å². The fourth-order valence-corrected chi connectivity index (χ4v) is 3.54. The Morgan fingerprint density at radius 3 is 2.94 bits per heavy atom. The summed E-state index contributed by atoms with van der Waals surface area (Å²) in [6, 6.07) is -0.583. The van der Waals surface area contributed by atoms with Crippen molar-refractivity contribution in [2.75, 3.05) is 18.1 Å². The van der Waals surface area contributed by atoms with Crippen molar-refractivity contribution in [1.82, 2.24) is 20.2 Å². The van der Waals surface area contributed by atoms with E-state index in [2.05, 4.69) is 15.6 Å². The molecule has 1 saturated heterocycles. The van der Waals surface area contributed by atoms with E-state index in [-0.39, 0.29) is 23.6 Å². The third-order valence-corrected chi connectivity index (χ3v) is 4.55. The molecule has 0 aromatic carbocycles. The van der Waals surface area contributed by atoms with Crippen LogP contribution in [0.1, 0.15) is 6.42 Å². The number of nitrogens with zero attached hydrogens (tertiary/aromatic N) is 2. The van der Waals surface area contributed by atoms with Gasteiger partial charge in [0.1, 0.15) is 0 Å². The zero-order chi connectivity index (χ0) is 13.0. The molecular weight excluding hydrogens is 256 g/mol. The van der Waals surface area contributed by atoms with Gasteiger partial charge in [0, 0.05) is 31.5 Å². The number of amides is 2. The van der Waals surface area contributed by atoms with Gasteiger partial charge >= 0.3 is 6.03 Å². The van der Waals surface area contributed by atoms with Gasteiger partial charge in [-0.15, -0.1) is 0 Å². The van der Waals surface area contributed by atoms with Crippen LogP contribution in [0.25, 0.3) is 0 Å². The summed E-state index contributed by atoms with van der Waals surface area (Å²) in [7, 11) is -2.95. The Kier molecular flexibility index (Phi) is 3.85. The number of hydrogen-bond donors (Lipinski definition) is 2. The molecule has 0 spiro atoms. The number of sulfone groups is 1. The van der Waals surface area contributed by atoms with Gasteiger partial charge in [-0.2, -0.15) is 0 Å². The van der Waals surface area contributed by atoms with Crippen LogP contribution < -0.4 is 10.6 Å². The first-order valence-corrected chi connectivity index (χ1v) is 7.58. The predicted octanol–water partition coefficient (Wildman–Crippen LogP) is -0.631. The zero-order valence-corrected chi connectivity index (χ0v) is 10.7. The van der Waals surface area contributed by atoms with Crippen molar-refractivity contribution in [2.24, 2.45) is 0 Å². The van der Waals surface area contributed by atoms with E-state index in [1.165, 1.54) is 0 Å². The number of carbonyl (C=O) groups excluding carboxylic acids is 1. The molecule has 0 radical (unpaired) electrons. The molecule has 8 heteroatoms. The highest BCUT2D eigenvalue weighted by atomic mass is 32.2. The Morgan fingerprint density at radius 1 is 1.50 bits per heavy atom. The molecule has 1 aliphatic heterocycles. The molecule has 1 aromatic rings. The van der Waals surface area contributed by atoms with Crippen molar-refractivity contribution in [1.29, 1.82) is 0 Å². The molecule has 2 N–H and O–H groups in total. The lowest BCUT2D eigenvalue weighted by molar-refractivity contribution is 0.237. The molecule has 1 aromatic heterocycles. The Bertz CT molecular complexity index is 497. The van der Waals surface area contributed by atoms with Gasteiger partial charge in [0.2, 0.25) is 0 Å². The van der Waals surface area contributed by atoms with E-state index in [9.17, 15) is 13.2 Å². The Morgan fingerprint density at radius 2 is 2.33 bits per heavy atom. The van der Waals surface area contributed by atoms with E-state index in [4.69, 9.17) is 0 Å². The molecule has 0 aliphatic carbocycles. The molecule has 7 nitrogen and oxygen atoms in total. The lowest BCUT2D eigenvalue weighted by Crippen LogP contribution is -2.43. The summed E-state index contributed by atoms with van der Waals surface area (Å²) in [6.45, 7) is 1.11. The van der Waals surface area contributed by atoms with Crippen molar-refractivity contribution in [2.45, 2.75) is 19.0 Å². The average Bonchev–Trinajstić information content (AvgIpc) is 2.88. The summed E-state index contributed by atoms with van der Waals surface area (Å²) in [6.07, 6.45) is 5.65. The van der Waals surface area contributed by atoms with Gasteiger partial charge in [-0.25, -0.2) is 18.2 Å². The van der Waals surface area contributed by atoms with Gasteiger partial charge in [0.15, 0.2) is 9.84 Å². The number of rotatable bonds is 4. The minimum atomic E-state index is -2.95. The second kappa shape index (κ2) is 5.38. The van der Waals surface area contributed by atoms with E-state index in [0.29, 0.717) is 19.5 Å². The van der Waals surface area contributed by atoms with E-state index in [0.717, 1.165) is 0 Å². The highest BCUT2D eigenvalue weighted by Gasteiger charge is 2.28. The van der Waals surface area contributed by atoms with Crippen LogP contribution in [0.5, 0.6) is 0 Å². The molecule has 0 saturated carbocycles. The quantitative estimate of drug-likeness (QED) is 0.763. The molecule has 1 aliphatic rings. The van der Waals surface area contributed by atoms with E-state index < -0.39 is 9.84 Å². The molecule has 100 valence electrons. The second-order valence-electron chi connectivity index (χ2n) is 4.30. The van der Waals surface area contributed by atoms with Gasteiger partial charge in [-0.3, -0.25) is 0 Å². The maximum atomic E-state index is 11.5. The lowest BCUT2D eigenvalue weighted by Gasteiger charge is -2.12. The van der Waals surface area contributed by atoms with E-state index in [1.807, 2.05) is 10.8 Å². The fourth-order valence-electron chi connectivity index (χ4n) is 1.86. The lowest BCUT2D eigenvalue weighted by atomic mass is 10.3. The monoisotopic (exact) mass is 272 g/mol. The number of carbonyl (C=O) groups is 1. The zero-order valence-electron chi connectivity index (χ0n) is 9.87. The fraction of sp³-hybridized carbons (Fsp3) is 0.600. The topological polar surface area (TPSA) is 93.1 Å². The average molecular weight is 272 g/mol. The molecule has 1 atom stereocenters. The maximum absolute atomic E-state index is 11.5. The standard InChI is InChI=1S/C10H16N4O3S/c15-10(12-3-5-14-4-2-11-8-14)13-9-1-6-18(16,17)7-9/h2,4,8-9H,1,3,5-7H2,(H2,12,13,15)/t9-/m1/s1. The summed E-state index contributed by atoms with van der Waals surface area (Å²) in [5.74, 6) is 0.203. The van der Waals surface area contributed by atoms with Gasteiger partial charge in [-0.05, 0) is 6.42 Å². The number of aromatic nitrogens is 2. The molecular formula is C10H16N4O3S. The van der Waals surface area contributed by atoms with Crippen LogP contribution in [0.2, 0.25) is 0 Å². The first-order valence-electron chi connectivity index (χ1n) is 5.76. The predicted molar refractivity (Wildman–Crippen MR) is 65.8 cm³/mol. The van der Waals surface area contributed by atoms with Crippen LogP contribution in [-0.4, -0.2) is 48.1 Å². The summed E-state index contributed by atoms with van der Waals surface area (Å²) in [5.41, 5.74) is 0. The third kappa shape index (κ3) is 3.73. The maximum Gasteiger partial charge on any atom is 0.315 e. The van der Waals surface area contributed by atoms with Crippen molar-refractivity contribution < 1.29 is 13.2 Å². The molecule has 2 heterocycles. The van der Waals surface area contributed by atoms with Crippen LogP contribution in [0.4, 0.5) is 4.79 Å². The molecule has 2 rings (SSSR count). The van der Waals surface area contributed by atoms with Crippen molar-refractivity contribution >= 4 is 15.9 Å². The number of imidazole rings is 1. The highest BCUT2D eigenvalue weighted by molar-refractivity contribution is 7.91. The number of nitrogens with one attached hydrogen (secondary N) is 2. The Hall–Kier alpha value is -1.57. The third-order valence-electron chi connectivity index (χ3n) is 2.78. The molecule has 0 unspecified atom stereocenters. The minimum absolute atomic E-state index is 0.0436. The molecule has 18 heavy (non-hydrogen) atoms. The van der Waals surface area contributed by atoms with Crippen LogP contribution in [0.3, 0.4) is 0 Å². The molecule has 0 bridgehead atoms. The highest BCUT2D eigenvalue weighted by Crippen LogP contribution is 2.10. The van der Waals surface area contributed by atoms with Gasteiger partial charge in [0.05, 0.1) is 17.8 Å².